The Morgan fingerprint density at radius 2 is 2.11 bits per heavy atom. The van der Waals surface area contributed by atoms with Gasteiger partial charge in [0.25, 0.3) is 0 Å². The van der Waals surface area contributed by atoms with E-state index >= 15 is 0 Å². The summed E-state index contributed by atoms with van der Waals surface area (Å²) < 4.78 is 2.20. The van der Waals surface area contributed by atoms with Crippen molar-refractivity contribution in [2.75, 3.05) is 0 Å². The average Bonchev–Trinajstić information content (AvgIpc) is 2.94. The topological polar surface area (TPSA) is 29.9 Å². The Hall–Kier alpha value is -0.830. The van der Waals surface area contributed by atoms with Gasteiger partial charge in [0.15, 0.2) is 0 Å². The highest BCUT2D eigenvalue weighted by Crippen LogP contribution is 2.34. The van der Waals surface area contributed by atoms with E-state index in [0.717, 1.165) is 12.5 Å². The second kappa shape index (κ2) is 6.08. The standard InChI is InChI=1S/C16H27N3/c1-2-14(11-13-7-8-13)17-12-15-9-10-19(18-15)16-5-3-4-6-16/h9-10,13-14,16-17H,2-8,11-12H2,1H3. The van der Waals surface area contributed by atoms with E-state index in [1.165, 1.54) is 57.1 Å². The Labute approximate surface area is 116 Å². The van der Waals surface area contributed by atoms with Crippen molar-refractivity contribution in [3.63, 3.8) is 0 Å². The third kappa shape index (κ3) is 3.59. The van der Waals surface area contributed by atoms with Gasteiger partial charge in [0.2, 0.25) is 0 Å². The SMILES string of the molecule is CCC(CC1CC1)NCc1ccn(C2CCCC2)n1. The molecule has 3 rings (SSSR count). The fourth-order valence-electron chi connectivity index (χ4n) is 3.24. The van der Waals surface area contributed by atoms with Crippen molar-refractivity contribution in [1.82, 2.24) is 15.1 Å². The Balaban J connectivity index is 1.48. The molecular weight excluding hydrogens is 234 g/mol. The minimum atomic E-state index is 0.669. The van der Waals surface area contributed by atoms with E-state index in [-0.39, 0.29) is 0 Å². The maximum atomic E-state index is 4.75. The highest BCUT2D eigenvalue weighted by Gasteiger charge is 2.24. The summed E-state index contributed by atoms with van der Waals surface area (Å²) in [4.78, 5) is 0. The molecule has 0 aliphatic heterocycles. The highest BCUT2D eigenvalue weighted by molar-refractivity contribution is 5.00. The van der Waals surface area contributed by atoms with Gasteiger partial charge in [-0.05, 0) is 37.7 Å². The van der Waals surface area contributed by atoms with Crippen molar-refractivity contribution in [1.29, 1.82) is 0 Å². The molecule has 3 nitrogen and oxygen atoms in total. The molecule has 2 fully saturated rings. The van der Waals surface area contributed by atoms with Crippen molar-refractivity contribution >= 4 is 0 Å². The molecule has 1 heterocycles. The smallest absolute Gasteiger partial charge is 0.0762 e. The molecule has 0 bridgehead atoms. The maximum absolute atomic E-state index is 4.75. The van der Waals surface area contributed by atoms with Gasteiger partial charge in [-0.3, -0.25) is 4.68 Å². The van der Waals surface area contributed by atoms with Gasteiger partial charge < -0.3 is 5.32 Å². The lowest BCUT2D eigenvalue weighted by molar-refractivity contribution is 0.431. The molecule has 1 aromatic rings. The van der Waals surface area contributed by atoms with Gasteiger partial charge in [-0.25, -0.2) is 0 Å². The van der Waals surface area contributed by atoms with Crippen molar-refractivity contribution in [2.45, 2.75) is 76.9 Å². The Bertz CT molecular complexity index is 388. The van der Waals surface area contributed by atoms with Crippen LogP contribution < -0.4 is 5.32 Å². The monoisotopic (exact) mass is 261 g/mol. The van der Waals surface area contributed by atoms with Crippen molar-refractivity contribution in [2.24, 2.45) is 5.92 Å². The van der Waals surface area contributed by atoms with Crippen LogP contribution in [-0.2, 0) is 6.54 Å². The molecular formula is C16H27N3. The van der Waals surface area contributed by atoms with Crippen LogP contribution in [-0.4, -0.2) is 15.8 Å². The van der Waals surface area contributed by atoms with Gasteiger partial charge in [-0.2, -0.15) is 5.10 Å². The zero-order valence-corrected chi connectivity index (χ0v) is 12.1. The quantitative estimate of drug-likeness (QED) is 0.811. The van der Waals surface area contributed by atoms with E-state index in [9.17, 15) is 0 Å². The van der Waals surface area contributed by atoms with Gasteiger partial charge in [0, 0.05) is 18.8 Å². The molecule has 19 heavy (non-hydrogen) atoms. The molecule has 1 aromatic heterocycles. The van der Waals surface area contributed by atoms with Crippen LogP contribution in [0.15, 0.2) is 12.3 Å². The van der Waals surface area contributed by atoms with Crippen molar-refractivity contribution in [3.8, 4) is 0 Å². The minimum absolute atomic E-state index is 0.669. The number of aromatic nitrogens is 2. The molecule has 0 radical (unpaired) electrons. The number of hydrogen-bond acceptors (Lipinski definition) is 2. The van der Waals surface area contributed by atoms with Crippen LogP contribution in [0.4, 0.5) is 0 Å². The predicted molar refractivity (Wildman–Crippen MR) is 78.0 cm³/mol. The summed E-state index contributed by atoms with van der Waals surface area (Å²) in [5, 5.41) is 8.43. The lowest BCUT2D eigenvalue weighted by Gasteiger charge is -2.15. The predicted octanol–water partition coefficient (Wildman–Crippen LogP) is 3.67. The van der Waals surface area contributed by atoms with Crippen LogP contribution >= 0.6 is 0 Å². The van der Waals surface area contributed by atoms with Crippen molar-refractivity contribution in [3.05, 3.63) is 18.0 Å². The van der Waals surface area contributed by atoms with Crippen LogP contribution in [0.2, 0.25) is 0 Å². The van der Waals surface area contributed by atoms with Gasteiger partial charge >= 0.3 is 0 Å². The molecule has 106 valence electrons. The first kappa shape index (κ1) is 13.2. The van der Waals surface area contributed by atoms with Gasteiger partial charge in [0.05, 0.1) is 11.7 Å². The largest absolute Gasteiger partial charge is 0.308 e. The Kier molecular flexibility index (Phi) is 4.21. The number of nitrogens with zero attached hydrogens (tertiary/aromatic N) is 2. The van der Waals surface area contributed by atoms with Crippen LogP contribution in [0.25, 0.3) is 0 Å². The molecule has 1 unspecified atom stereocenters. The molecule has 1 N–H and O–H groups in total. The van der Waals surface area contributed by atoms with Gasteiger partial charge in [0.1, 0.15) is 0 Å². The third-order valence-corrected chi connectivity index (χ3v) is 4.74. The highest BCUT2D eigenvalue weighted by atomic mass is 15.3. The molecule has 1 atom stereocenters. The number of rotatable bonds is 7. The van der Waals surface area contributed by atoms with E-state index in [0.29, 0.717) is 12.1 Å². The van der Waals surface area contributed by atoms with Crippen LogP contribution in [0, 0.1) is 5.92 Å². The first-order chi connectivity index (χ1) is 9.35. The number of nitrogens with one attached hydrogen (secondary N) is 1. The normalized spacial score (nSPS) is 21.9. The third-order valence-electron chi connectivity index (χ3n) is 4.74. The molecule has 2 aliphatic rings. The Morgan fingerprint density at radius 3 is 2.79 bits per heavy atom. The van der Waals surface area contributed by atoms with Crippen LogP contribution in [0.3, 0.4) is 0 Å². The van der Waals surface area contributed by atoms with E-state index in [4.69, 9.17) is 5.10 Å². The first-order valence-corrected chi connectivity index (χ1v) is 8.12. The summed E-state index contributed by atoms with van der Waals surface area (Å²) >= 11 is 0. The maximum Gasteiger partial charge on any atom is 0.0762 e. The molecule has 0 spiro atoms. The van der Waals surface area contributed by atoms with Crippen molar-refractivity contribution < 1.29 is 0 Å². The number of hydrogen-bond donors (Lipinski definition) is 1. The fourth-order valence-corrected chi connectivity index (χ4v) is 3.24. The summed E-state index contributed by atoms with van der Waals surface area (Å²) in [6, 6.07) is 3.54. The average molecular weight is 261 g/mol. The lowest BCUT2D eigenvalue weighted by Crippen LogP contribution is -2.28. The minimum Gasteiger partial charge on any atom is -0.308 e. The van der Waals surface area contributed by atoms with Crippen LogP contribution in [0.5, 0.6) is 0 Å². The van der Waals surface area contributed by atoms with Gasteiger partial charge in [-0.1, -0.05) is 32.6 Å². The second-order valence-corrected chi connectivity index (χ2v) is 6.39. The summed E-state index contributed by atoms with van der Waals surface area (Å²) in [7, 11) is 0. The lowest BCUT2D eigenvalue weighted by atomic mass is 10.1. The molecule has 0 saturated heterocycles. The molecule has 2 saturated carbocycles. The zero-order chi connectivity index (χ0) is 13.1. The van der Waals surface area contributed by atoms with Gasteiger partial charge in [-0.15, -0.1) is 0 Å². The van der Waals surface area contributed by atoms with E-state index in [2.05, 4.69) is 29.2 Å². The first-order valence-electron chi connectivity index (χ1n) is 8.12. The van der Waals surface area contributed by atoms with E-state index < -0.39 is 0 Å². The zero-order valence-electron chi connectivity index (χ0n) is 12.1. The van der Waals surface area contributed by atoms with Crippen LogP contribution in [0.1, 0.15) is 70.0 Å². The summed E-state index contributed by atoms with van der Waals surface area (Å²) in [6.45, 7) is 3.22. The Morgan fingerprint density at radius 1 is 1.32 bits per heavy atom. The second-order valence-electron chi connectivity index (χ2n) is 6.39. The molecule has 0 aromatic carbocycles. The van der Waals surface area contributed by atoms with E-state index in [1.807, 2.05) is 0 Å². The molecule has 3 heteroatoms. The summed E-state index contributed by atoms with van der Waals surface area (Å²) in [6.07, 6.45) is 13.0. The fraction of sp³-hybridized carbons (Fsp3) is 0.812. The summed E-state index contributed by atoms with van der Waals surface area (Å²) in [5.41, 5.74) is 1.21. The van der Waals surface area contributed by atoms with E-state index in [1.54, 1.807) is 0 Å². The molecule has 2 aliphatic carbocycles. The summed E-state index contributed by atoms with van der Waals surface area (Å²) in [5.74, 6) is 1.01. The molecule has 0 amide bonds.